The van der Waals surface area contributed by atoms with Crippen LogP contribution in [0.3, 0.4) is 0 Å². The number of nitrogens with one attached hydrogen (secondary N) is 2. The summed E-state index contributed by atoms with van der Waals surface area (Å²) in [5.41, 5.74) is 3.29. The van der Waals surface area contributed by atoms with Gasteiger partial charge in [0, 0.05) is 29.4 Å². The summed E-state index contributed by atoms with van der Waals surface area (Å²) in [7, 11) is 0. The number of hydrogen-bond donors (Lipinski definition) is 2. The number of benzene rings is 1. The van der Waals surface area contributed by atoms with E-state index in [0.717, 1.165) is 29.1 Å². The number of hydrogen-bond acceptors (Lipinski definition) is 2. The van der Waals surface area contributed by atoms with E-state index in [-0.39, 0.29) is 6.04 Å². The number of halogens is 2. The number of nitrogens with zero attached hydrogens (tertiary/aromatic N) is 1. The largest absolute Gasteiger partial charge is 0.306 e. The molecule has 0 fully saturated rings. The monoisotopic (exact) mass is 265 g/mol. The Bertz CT molecular complexity index is 559. The van der Waals surface area contributed by atoms with Gasteiger partial charge in [0.2, 0.25) is 0 Å². The van der Waals surface area contributed by atoms with Gasteiger partial charge in [0.15, 0.2) is 0 Å². The lowest BCUT2D eigenvalue weighted by molar-refractivity contribution is 0.517. The number of aromatic nitrogens is 2. The zero-order chi connectivity index (χ0) is 14.0. The van der Waals surface area contributed by atoms with Gasteiger partial charge in [-0.1, -0.05) is 0 Å². The van der Waals surface area contributed by atoms with Crippen molar-refractivity contribution in [1.29, 1.82) is 0 Å². The number of aromatic amines is 1. The molecule has 1 heterocycles. The van der Waals surface area contributed by atoms with E-state index in [1.54, 1.807) is 0 Å². The van der Waals surface area contributed by atoms with Gasteiger partial charge in [-0.05, 0) is 39.0 Å². The third kappa shape index (κ3) is 2.98. The lowest BCUT2D eigenvalue weighted by Gasteiger charge is -2.15. The molecule has 0 amide bonds. The molecule has 1 unspecified atom stereocenters. The van der Waals surface area contributed by atoms with Gasteiger partial charge in [0.05, 0.1) is 5.69 Å². The lowest BCUT2D eigenvalue weighted by atomic mass is 10.1. The van der Waals surface area contributed by atoms with Gasteiger partial charge < -0.3 is 5.32 Å². The maximum Gasteiger partial charge on any atom is 0.128 e. The fourth-order valence-electron chi connectivity index (χ4n) is 2.05. The molecule has 0 spiro atoms. The van der Waals surface area contributed by atoms with Gasteiger partial charge in [0.1, 0.15) is 11.6 Å². The average molecular weight is 265 g/mol. The van der Waals surface area contributed by atoms with Crippen LogP contribution in [0.15, 0.2) is 18.2 Å². The van der Waals surface area contributed by atoms with Crippen LogP contribution in [0.5, 0.6) is 0 Å². The summed E-state index contributed by atoms with van der Waals surface area (Å²) in [6.07, 6.45) is 0. The highest BCUT2D eigenvalue weighted by Gasteiger charge is 2.13. The molecule has 1 aromatic carbocycles. The molecule has 1 aromatic heterocycles. The van der Waals surface area contributed by atoms with E-state index >= 15 is 0 Å². The summed E-state index contributed by atoms with van der Waals surface area (Å²) in [4.78, 5) is 0. The highest BCUT2D eigenvalue weighted by atomic mass is 19.1. The Hall–Kier alpha value is -1.75. The molecule has 2 rings (SSSR count). The number of aryl methyl sites for hydroxylation is 2. The van der Waals surface area contributed by atoms with Gasteiger partial charge >= 0.3 is 0 Å². The van der Waals surface area contributed by atoms with Gasteiger partial charge in [-0.15, -0.1) is 0 Å². The van der Waals surface area contributed by atoms with Crippen LogP contribution < -0.4 is 5.32 Å². The second-order valence-electron chi connectivity index (χ2n) is 4.68. The van der Waals surface area contributed by atoms with Crippen LogP contribution in [-0.2, 0) is 6.54 Å². The summed E-state index contributed by atoms with van der Waals surface area (Å²) >= 11 is 0. The molecule has 0 saturated carbocycles. The first kappa shape index (κ1) is 13.7. The van der Waals surface area contributed by atoms with Crippen LogP contribution in [-0.4, -0.2) is 10.2 Å². The second-order valence-corrected chi connectivity index (χ2v) is 4.68. The van der Waals surface area contributed by atoms with Crippen molar-refractivity contribution >= 4 is 0 Å². The predicted octanol–water partition coefficient (Wildman–Crippen LogP) is 3.16. The van der Waals surface area contributed by atoms with Crippen molar-refractivity contribution in [3.05, 3.63) is 52.3 Å². The van der Waals surface area contributed by atoms with Gasteiger partial charge in [-0.2, -0.15) is 5.10 Å². The normalized spacial score (nSPS) is 12.7. The molecule has 0 bridgehead atoms. The van der Waals surface area contributed by atoms with Gasteiger partial charge in [-0.3, -0.25) is 5.10 Å². The molecule has 5 heteroatoms. The Morgan fingerprint density at radius 1 is 1.32 bits per heavy atom. The van der Waals surface area contributed by atoms with Crippen LogP contribution in [0.1, 0.15) is 35.5 Å². The zero-order valence-electron chi connectivity index (χ0n) is 11.2. The first-order chi connectivity index (χ1) is 8.99. The Morgan fingerprint density at radius 3 is 2.68 bits per heavy atom. The molecule has 2 N–H and O–H groups in total. The maximum absolute atomic E-state index is 13.6. The van der Waals surface area contributed by atoms with Crippen LogP contribution in [0.25, 0.3) is 0 Å². The number of H-pyrrole nitrogens is 1. The van der Waals surface area contributed by atoms with Gasteiger partial charge in [0.25, 0.3) is 0 Å². The summed E-state index contributed by atoms with van der Waals surface area (Å²) in [6.45, 7) is 6.21. The summed E-state index contributed by atoms with van der Waals surface area (Å²) in [5.74, 6) is -0.831. The molecule has 2 aromatic rings. The summed E-state index contributed by atoms with van der Waals surface area (Å²) < 4.78 is 26.8. The van der Waals surface area contributed by atoms with Crippen molar-refractivity contribution in [3.63, 3.8) is 0 Å². The zero-order valence-corrected chi connectivity index (χ0v) is 11.2. The molecule has 0 aliphatic carbocycles. The quantitative estimate of drug-likeness (QED) is 0.891. The van der Waals surface area contributed by atoms with E-state index in [2.05, 4.69) is 15.5 Å². The van der Waals surface area contributed by atoms with Crippen molar-refractivity contribution in [2.45, 2.75) is 33.4 Å². The van der Waals surface area contributed by atoms with Gasteiger partial charge in [-0.25, -0.2) is 8.78 Å². The molecule has 3 nitrogen and oxygen atoms in total. The first-order valence-electron chi connectivity index (χ1n) is 6.18. The number of rotatable bonds is 4. The molecule has 102 valence electrons. The van der Waals surface area contributed by atoms with Crippen LogP contribution in [0.2, 0.25) is 0 Å². The smallest absolute Gasteiger partial charge is 0.128 e. The molecule has 1 atom stereocenters. The lowest BCUT2D eigenvalue weighted by Crippen LogP contribution is -2.20. The van der Waals surface area contributed by atoms with E-state index in [0.29, 0.717) is 12.1 Å². The third-order valence-electron chi connectivity index (χ3n) is 3.29. The highest BCUT2D eigenvalue weighted by Crippen LogP contribution is 2.19. The molecule has 19 heavy (non-hydrogen) atoms. The Balaban J connectivity index is 2.09. The first-order valence-corrected chi connectivity index (χ1v) is 6.18. The predicted molar refractivity (Wildman–Crippen MR) is 69.7 cm³/mol. The fraction of sp³-hybridized carbons (Fsp3) is 0.357. The topological polar surface area (TPSA) is 40.7 Å². The van der Waals surface area contributed by atoms with E-state index in [9.17, 15) is 8.78 Å². The van der Waals surface area contributed by atoms with Crippen LogP contribution in [0, 0.1) is 25.5 Å². The summed E-state index contributed by atoms with van der Waals surface area (Å²) in [5, 5.41) is 10.2. The molecule has 0 saturated heterocycles. The molecule has 0 radical (unpaired) electrons. The van der Waals surface area contributed by atoms with E-state index in [1.807, 2.05) is 20.8 Å². The minimum atomic E-state index is -0.430. The minimum Gasteiger partial charge on any atom is -0.306 e. The third-order valence-corrected chi connectivity index (χ3v) is 3.29. The standard InChI is InChI=1S/C14H17F2N3/c1-8(12-6-11(15)4-5-14(12)16)17-7-13-9(2)18-19-10(13)3/h4-6,8,17H,7H2,1-3H3,(H,18,19). The minimum absolute atomic E-state index is 0.274. The summed E-state index contributed by atoms with van der Waals surface area (Å²) in [6, 6.07) is 3.22. The van der Waals surface area contributed by atoms with Crippen molar-refractivity contribution in [1.82, 2.24) is 15.5 Å². The van der Waals surface area contributed by atoms with Crippen LogP contribution in [0.4, 0.5) is 8.78 Å². The van der Waals surface area contributed by atoms with Crippen molar-refractivity contribution in [3.8, 4) is 0 Å². The SMILES string of the molecule is Cc1n[nH]c(C)c1CNC(C)c1cc(F)ccc1F. The Morgan fingerprint density at radius 2 is 2.05 bits per heavy atom. The highest BCUT2D eigenvalue weighted by molar-refractivity contribution is 5.25. The van der Waals surface area contributed by atoms with Crippen LogP contribution >= 0.6 is 0 Å². The van der Waals surface area contributed by atoms with Crippen molar-refractivity contribution < 1.29 is 8.78 Å². The van der Waals surface area contributed by atoms with Crippen molar-refractivity contribution in [2.75, 3.05) is 0 Å². The van der Waals surface area contributed by atoms with E-state index in [1.165, 1.54) is 6.07 Å². The molecule has 0 aliphatic rings. The Kier molecular flexibility index (Phi) is 3.95. The van der Waals surface area contributed by atoms with E-state index < -0.39 is 11.6 Å². The average Bonchev–Trinajstić information content (AvgIpc) is 2.69. The second kappa shape index (κ2) is 5.48. The van der Waals surface area contributed by atoms with Crippen molar-refractivity contribution in [2.24, 2.45) is 0 Å². The molecular formula is C14H17F2N3. The maximum atomic E-state index is 13.6. The van der Waals surface area contributed by atoms with E-state index in [4.69, 9.17) is 0 Å². The Labute approximate surface area is 111 Å². The molecule has 0 aliphatic heterocycles. The molecular weight excluding hydrogens is 248 g/mol. The fourth-order valence-corrected chi connectivity index (χ4v) is 2.05.